The smallest absolute Gasteiger partial charge is 0.423 e. The van der Waals surface area contributed by atoms with Crippen molar-refractivity contribution in [1.29, 1.82) is 0 Å². The Morgan fingerprint density at radius 1 is 1.23 bits per heavy atom. The number of thiophene rings is 1. The third-order valence-electron chi connectivity index (χ3n) is 4.93. The quantitative estimate of drug-likeness (QED) is 0.472. The van der Waals surface area contributed by atoms with Crippen LogP contribution in [0.3, 0.4) is 0 Å². The Bertz CT molecular complexity index is 1250. The Morgan fingerprint density at radius 2 is 2.03 bits per heavy atom. The molecule has 3 aromatic heterocycles. The SMILES string of the molecule is CC[C@](O)(c1cn(Cc2ccc3c(-c4ccsc4)cc(=O)oc3c2)nn1)C(F)(F)F. The van der Waals surface area contributed by atoms with Gasteiger partial charge in [-0.1, -0.05) is 24.3 Å². The molecule has 0 aliphatic heterocycles. The van der Waals surface area contributed by atoms with Crippen molar-refractivity contribution in [2.75, 3.05) is 0 Å². The maximum absolute atomic E-state index is 13.2. The fourth-order valence-corrected chi connectivity index (χ4v) is 3.90. The first kappa shape index (κ1) is 20.3. The highest BCUT2D eigenvalue weighted by Crippen LogP contribution is 2.40. The average molecular weight is 435 g/mol. The highest BCUT2D eigenvalue weighted by molar-refractivity contribution is 7.08. The van der Waals surface area contributed by atoms with Crippen LogP contribution in [0.2, 0.25) is 0 Å². The molecular weight excluding hydrogens is 419 g/mol. The van der Waals surface area contributed by atoms with Crippen LogP contribution in [0.1, 0.15) is 24.6 Å². The summed E-state index contributed by atoms with van der Waals surface area (Å²) in [5, 5.41) is 21.8. The molecule has 6 nitrogen and oxygen atoms in total. The minimum atomic E-state index is -4.87. The van der Waals surface area contributed by atoms with Crippen molar-refractivity contribution >= 4 is 22.3 Å². The first-order chi connectivity index (χ1) is 14.2. The summed E-state index contributed by atoms with van der Waals surface area (Å²) in [7, 11) is 0. The molecule has 0 unspecified atom stereocenters. The van der Waals surface area contributed by atoms with Crippen molar-refractivity contribution in [3.05, 3.63) is 69.0 Å². The zero-order valence-corrected chi connectivity index (χ0v) is 16.5. The fraction of sp³-hybridized carbons (Fsp3) is 0.250. The Labute approximate surface area is 172 Å². The first-order valence-electron chi connectivity index (χ1n) is 9.00. The Balaban J connectivity index is 1.68. The molecule has 0 amide bonds. The molecule has 3 heterocycles. The third kappa shape index (κ3) is 3.52. The molecule has 4 rings (SSSR count). The summed E-state index contributed by atoms with van der Waals surface area (Å²) in [6, 6.07) is 8.53. The zero-order chi connectivity index (χ0) is 21.5. The van der Waals surface area contributed by atoms with Gasteiger partial charge in [0.1, 0.15) is 11.3 Å². The highest BCUT2D eigenvalue weighted by atomic mass is 32.1. The van der Waals surface area contributed by atoms with Crippen molar-refractivity contribution in [1.82, 2.24) is 15.0 Å². The number of halogens is 3. The number of nitrogens with zero attached hydrogens (tertiary/aromatic N) is 3. The van der Waals surface area contributed by atoms with Gasteiger partial charge in [0.15, 0.2) is 0 Å². The molecule has 0 spiro atoms. The summed E-state index contributed by atoms with van der Waals surface area (Å²) in [6.45, 7) is 1.32. The number of aromatic nitrogens is 3. The predicted molar refractivity (Wildman–Crippen MR) is 105 cm³/mol. The number of benzene rings is 1. The van der Waals surface area contributed by atoms with E-state index in [1.165, 1.54) is 29.0 Å². The molecule has 4 aromatic rings. The summed E-state index contributed by atoms with van der Waals surface area (Å²) < 4.78 is 46.2. The Hall–Kier alpha value is -2.98. The van der Waals surface area contributed by atoms with E-state index in [9.17, 15) is 23.1 Å². The normalized spacial score (nSPS) is 14.2. The third-order valence-corrected chi connectivity index (χ3v) is 5.61. The van der Waals surface area contributed by atoms with Crippen molar-refractivity contribution in [3.8, 4) is 11.1 Å². The highest BCUT2D eigenvalue weighted by Gasteiger charge is 2.55. The maximum Gasteiger partial charge on any atom is 0.423 e. The molecule has 1 aromatic carbocycles. The molecule has 30 heavy (non-hydrogen) atoms. The Kier molecular flexibility index (Phi) is 4.99. The van der Waals surface area contributed by atoms with Crippen LogP contribution < -0.4 is 5.63 Å². The molecule has 1 N–H and O–H groups in total. The van der Waals surface area contributed by atoms with E-state index in [1.807, 2.05) is 16.8 Å². The summed E-state index contributed by atoms with van der Waals surface area (Å²) in [5.74, 6) is 0. The van der Waals surface area contributed by atoms with Crippen LogP contribution in [0.15, 0.2) is 56.5 Å². The molecule has 0 radical (unpaired) electrons. The average Bonchev–Trinajstić information content (AvgIpc) is 3.38. The van der Waals surface area contributed by atoms with Gasteiger partial charge in [-0.2, -0.15) is 24.5 Å². The van der Waals surface area contributed by atoms with Crippen LogP contribution in [-0.4, -0.2) is 26.3 Å². The molecule has 0 bridgehead atoms. The van der Waals surface area contributed by atoms with Gasteiger partial charge in [0.05, 0.1) is 12.7 Å². The summed E-state index contributed by atoms with van der Waals surface area (Å²) in [5.41, 5.74) is -1.46. The predicted octanol–water partition coefficient (Wildman–Crippen LogP) is 4.32. The van der Waals surface area contributed by atoms with E-state index in [-0.39, 0.29) is 6.54 Å². The van der Waals surface area contributed by atoms with Crippen LogP contribution in [0.5, 0.6) is 0 Å². The minimum Gasteiger partial charge on any atom is -0.423 e. The fourth-order valence-electron chi connectivity index (χ4n) is 3.24. The summed E-state index contributed by atoms with van der Waals surface area (Å²) in [4.78, 5) is 12.0. The molecule has 0 fully saturated rings. The molecular formula is C20H16F3N3O3S. The van der Waals surface area contributed by atoms with Gasteiger partial charge in [-0.3, -0.25) is 0 Å². The molecule has 0 aliphatic rings. The summed E-state index contributed by atoms with van der Waals surface area (Å²) >= 11 is 1.51. The van der Waals surface area contributed by atoms with Crippen LogP contribution in [-0.2, 0) is 12.1 Å². The zero-order valence-electron chi connectivity index (χ0n) is 15.7. The number of rotatable bonds is 5. The number of aliphatic hydroxyl groups is 1. The molecule has 0 aliphatic carbocycles. The second kappa shape index (κ2) is 7.37. The number of hydrogen-bond acceptors (Lipinski definition) is 6. The second-order valence-electron chi connectivity index (χ2n) is 6.83. The molecule has 0 saturated carbocycles. The van der Waals surface area contributed by atoms with Gasteiger partial charge < -0.3 is 9.52 Å². The molecule has 1 atom stereocenters. The lowest BCUT2D eigenvalue weighted by molar-refractivity contribution is -0.269. The van der Waals surface area contributed by atoms with E-state index in [1.54, 1.807) is 18.2 Å². The lowest BCUT2D eigenvalue weighted by atomic mass is 9.96. The van der Waals surface area contributed by atoms with Gasteiger partial charge in [0.25, 0.3) is 0 Å². The largest absolute Gasteiger partial charge is 0.423 e. The van der Waals surface area contributed by atoms with E-state index >= 15 is 0 Å². The van der Waals surface area contributed by atoms with E-state index in [0.29, 0.717) is 11.1 Å². The van der Waals surface area contributed by atoms with Crippen LogP contribution in [0.25, 0.3) is 22.1 Å². The topological polar surface area (TPSA) is 81.2 Å². The van der Waals surface area contributed by atoms with Gasteiger partial charge in [-0.05, 0) is 40.4 Å². The van der Waals surface area contributed by atoms with E-state index in [4.69, 9.17) is 4.42 Å². The maximum atomic E-state index is 13.2. The molecule has 156 valence electrons. The second-order valence-corrected chi connectivity index (χ2v) is 7.61. The molecule has 0 saturated heterocycles. The number of hydrogen-bond donors (Lipinski definition) is 1. The van der Waals surface area contributed by atoms with Crippen LogP contribution in [0.4, 0.5) is 13.2 Å². The van der Waals surface area contributed by atoms with Gasteiger partial charge in [0.2, 0.25) is 5.60 Å². The molecule has 10 heteroatoms. The first-order valence-corrected chi connectivity index (χ1v) is 9.94. The van der Waals surface area contributed by atoms with Crippen molar-refractivity contribution in [2.45, 2.75) is 31.7 Å². The van der Waals surface area contributed by atoms with Crippen molar-refractivity contribution in [3.63, 3.8) is 0 Å². The number of fused-ring (bicyclic) bond motifs is 1. The summed E-state index contributed by atoms with van der Waals surface area (Å²) in [6.07, 6.45) is -4.38. The van der Waals surface area contributed by atoms with Gasteiger partial charge in [-0.15, -0.1) is 5.10 Å². The monoisotopic (exact) mass is 435 g/mol. The van der Waals surface area contributed by atoms with E-state index in [2.05, 4.69) is 10.3 Å². The van der Waals surface area contributed by atoms with Crippen molar-refractivity contribution < 1.29 is 22.7 Å². The standard InChI is InChI=1S/C20H16F3N3O3S/c1-2-19(28,20(21,22)23)17-10-26(25-24-17)9-12-3-4-14-15(13-5-6-30-11-13)8-18(27)29-16(14)7-12/h3-8,10-11,28H,2,9H2,1H3/t19-/m0/s1. The number of alkyl halides is 3. The minimum absolute atomic E-state index is 0.0903. The van der Waals surface area contributed by atoms with E-state index < -0.39 is 29.5 Å². The van der Waals surface area contributed by atoms with Gasteiger partial charge in [0, 0.05) is 17.0 Å². The van der Waals surface area contributed by atoms with E-state index in [0.717, 1.165) is 22.7 Å². The van der Waals surface area contributed by atoms with Gasteiger partial charge in [-0.25, -0.2) is 9.48 Å². The lowest BCUT2D eigenvalue weighted by Crippen LogP contribution is -2.42. The Morgan fingerprint density at radius 3 is 2.70 bits per heavy atom. The lowest BCUT2D eigenvalue weighted by Gasteiger charge is -2.26. The van der Waals surface area contributed by atoms with Crippen LogP contribution >= 0.6 is 11.3 Å². The van der Waals surface area contributed by atoms with Crippen molar-refractivity contribution in [2.24, 2.45) is 0 Å². The van der Waals surface area contributed by atoms with Crippen LogP contribution in [0, 0.1) is 0 Å². The van der Waals surface area contributed by atoms with Gasteiger partial charge >= 0.3 is 11.8 Å².